The third kappa shape index (κ3) is 4.28. The first-order chi connectivity index (χ1) is 9.60. The molecule has 110 valence electrons. The highest BCUT2D eigenvalue weighted by Crippen LogP contribution is 2.29. The summed E-state index contributed by atoms with van der Waals surface area (Å²) < 4.78 is 17.5. The van der Waals surface area contributed by atoms with Crippen molar-refractivity contribution in [2.45, 2.75) is 31.4 Å². The van der Waals surface area contributed by atoms with Gasteiger partial charge in [-0.3, -0.25) is 9.69 Å². The van der Waals surface area contributed by atoms with Crippen molar-refractivity contribution in [1.82, 2.24) is 4.90 Å². The Balaban J connectivity index is 1.90. The fraction of sp³-hybridized carbons (Fsp3) is 0.533. The quantitative estimate of drug-likeness (QED) is 0.775. The van der Waals surface area contributed by atoms with E-state index in [1.165, 1.54) is 19.2 Å². The molecule has 0 aromatic heterocycles. The lowest BCUT2D eigenvalue weighted by Gasteiger charge is -2.24. The summed E-state index contributed by atoms with van der Waals surface area (Å²) in [7, 11) is 1.37. The lowest BCUT2D eigenvalue weighted by atomic mass is 10.1. The fourth-order valence-corrected chi connectivity index (χ4v) is 2.21. The Bertz CT molecular complexity index is 445. The number of nitrogens with zero attached hydrogens (tertiary/aromatic N) is 1. The van der Waals surface area contributed by atoms with Gasteiger partial charge in [-0.15, -0.1) is 0 Å². The summed E-state index contributed by atoms with van der Waals surface area (Å²) in [5.74, 6) is -0.558. The maximum absolute atomic E-state index is 12.9. The maximum atomic E-state index is 12.9. The highest BCUT2D eigenvalue weighted by Gasteiger charge is 2.30. The third-order valence-electron chi connectivity index (χ3n) is 3.56. The van der Waals surface area contributed by atoms with Crippen LogP contribution in [0.15, 0.2) is 24.3 Å². The molecular weight excluding hydrogens is 261 g/mol. The highest BCUT2D eigenvalue weighted by molar-refractivity contribution is 5.69. The molecule has 1 aliphatic rings. The molecule has 1 unspecified atom stereocenters. The second-order valence-electron chi connectivity index (χ2n) is 5.12. The van der Waals surface area contributed by atoms with E-state index in [2.05, 4.69) is 9.64 Å². The van der Waals surface area contributed by atoms with Crippen LogP contribution in [0.3, 0.4) is 0 Å². The molecule has 0 radical (unpaired) electrons. The molecule has 4 nitrogen and oxygen atoms in total. The number of benzene rings is 1. The van der Waals surface area contributed by atoms with Crippen molar-refractivity contribution in [3.63, 3.8) is 0 Å². The van der Waals surface area contributed by atoms with Crippen molar-refractivity contribution < 1.29 is 19.0 Å². The van der Waals surface area contributed by atoms with Gasteiger partial charge >= 0.3 is 5.97 Å². The summed E-state index contributed by atoms with van der Waals surface area (Å²) in [6, 6.07) is 6.30. The second-order valence-corrected chi connectivity index (χ2v) is 5.12. The molecule has 1 aromatic rings. The van der Waals surface area contributed by atoms with Gasteiger partial charge < -0.3 is 9.84 Å². The molecule has 5 heteroatoms. The van der Waals surface area contributed by atoms with E-state index in [9.17, 15) is 14.3 Å². The van der Waals surface area contributed by atoms with Gasteiger partial charge in [0.05, 0.1) is 19.6 Å². The molecule has 1 aliphatic carbocycles. The van der Waals surface area contributed by atoms with E-state index in [1.807, 2.05) is 0 Å². The lowest BCUT2D eigenvalue weighted by Crippen LogP contribution is -2.33. The summed E-state index contributed by atoms with van der Waals surface area (Å²) in [6.07, 6.45) is 1.84. The van der Waals surface area contributed by atoms with Crippen molar-refractivity contribution in [3.05, 3.63) is 35.6 Å². The smallest absolute Gasteiger partial charge is 0.306 e. The number of halogens is 1. The van der Waals surface area contributed by atoms with E-state index in [1.54, 1.807) is 12.1 Å². The molecule has 0 heterocycles. The number of carbonyl (C=O) groups excluding carboxylic acids is 1. The molecule has 1 N–H and O–H groups in total. The largest absolute Gasteiger partial charge is 0.469 e. The summed E-state index contributed by atoms with van der Waals surface area (Å²) in [5, 5.41) is 10.2. The summed E-state index contributed by atoms with van der Waals surface area (Å²) in [5.41, 5.74) is 0.690. The molecule has 0 bridgehead atoms. The van der Waals surface area contributed by atoms with Gasteiger partial charge in [-0.1, -0.05) is 12.1 Å². The van der Waals surface area contributed by atoms with Gasteiger partial charge in [0.25, 0.3) is 0 Å². The average molecular weight is 281 g/mol. The van der Waals surface area contributed by atoms with Gasteiger partial charge in [-0.25, -0.2) is 4.39 Å². The summed E-state index contributed by atoms with van der Waals surface area (Å²) in [4.78, 5) is 13.3. The monoisotopic (exact) mass is 281 g/mol. The Labute approximate surface area is 118 Å². The Morgan fingerprint density at radius 1 is 1.45 bits per heavy atom. The number of rotatable bonds is 7. The number of aliphatic hydroxyl groups is 1. The van der Waals surface area contributed by atoms with Crippen LogP contribution in [-0.4, -0.2) is 42.2 Å². The molecule has 0 aliphatic heterocycles. The molecule has 1 saturated carbocycles. The van der Waals surface area contributed by atoms with Gasteiger partial charge in [0.2, 0.25) is 0 Å². The minimum absolute atomic E-state index is 0.244. The minimum Gasteiger partial charge on any atom is -0.469 e. The van der Waals surface area contributed by atoms with Crippen LogP contribution in [-0.2, 0) is 9.53 Å². The van der Waals surface area contributed by atoms with E-state index in [0.717, 1.165) is 12.8 Å². The number of carbonyl (C=O) groups is 1. The lowest BCUT2D eigenvalue weighted by molar-refractivity contribution is -0.141. The Morgan fingerprint density at radius 2 is 2.10 bits per heavy atom. The first-order valence-corrected chi connectivity index (χ1v) is 6.84. The van der Waals surface area contributed by atoms with Crippen LogP contribution in [0.4, 0.5) is 4.39 Å². The second kappa shape index (κ2) is 6.81. The normalized spacial score (nSPS) is 16.2. The van der Waals surface area contributed by atoms with Crippen LogP contribution in [0.25, 0.3) is 0 Å². The zero-order valence-corrected chi connectivity index (χ0v) is 11.6. The zero-order chi connectivity index (χ0) is 14.5. The summed E-state index contributed by atoms with van der Waals surface area (Å²) in [6.45, 7) is 1.03. The molecule has 2 rings (SSSR count). The average Bonchev–Trinajstić information content (AvgIpc) is 3.28. The molecule has 0 spiro atoms. The third-order valence-corrected chi connectivity index (χ3v) is 3.56. The predicted molar refractivity (Wildman–Crippen MR) is 72.6 cm³/mol. The van der Waals surface area contributed by atoms with Crippen LogP contribution in [0.2, 0.25) is 0 Å². The molecule has 0 saturated heterocycles. The fourth-order valence-electron chi connectivity index (χ4n) is 2.21. The van der Waals surface area contributed by atoms with E-state index in [4.69, 9.17) is 0 Å². The molecule has 1 aromatic carbocycles. The molecule has 20 heavy (non-hydrogen) atoms. The number of aliphatic hydroxyl groups excluding tert-OH is 1. The standard InChI is InChI=1S/C15H20FNO3/c1-20-15(19)8-9-17(13-6-7-13)10-14(18)11-2-4-12(16)5-3-11/h2-5,13-14,18H,6-10H2,1H3. The van der Waals surface area contributed by atoms with E-state index >= 15 is 0 Å². The van der Waals surface area contributed by atoms with Crippen LogP contribution in [0.1, 0.15) is 30.9 Å². The number of hydrogen-bond donors (Lipinski definition) is 1. The first-order valence-electron chi connectivity index (χ1n) is 6.84. The van der Waals surface area contributed by atoms with Crippen molar-refractivity contribution in [3.8, 4) is 0 Å². The van der Waals surface area contributed by atoms with Gasteiger partial charge in [-0.05, 0) is 30.5 Å². The molecule has 1 fully saturated rings. The number of esters is 1. The zero-order valence-electron chi connectivity index (χ0n) is 11.6. The van der Waals surface area contributed by atoms with Gasteiger partial charge in [-0.2, -0.15) is 0 Å². The molecule has 1 atom stereocenters. The Hall–Kier alpha value is -1.46. The van der Waals surface area contributed by atoms with Crippen LogP contribution >= 0.6 is 0 Å². The molecule has 0 amide bonds. The summed E-state index contributed by atoms with van der Waals surface area (Å²) >= 11 is 0. The highest BCUT2D eigenvalue weighted by atomic mass is 19.1. The number of methoxy groups -OCH3 is 1. The van der Waals surface area contributed by atoms with Crippen molar-refractivity contribution >= 4 is 5.97 Å². The van der Waals surface area contributed by atoms with Crippen molar-refractivity contribution in [1.29, 1.82) is 0 Å². The maximum Gasteiger partial charge on any atom is 0.306 e. The number of ether oxygens (including phenoxy) is 1. The van der Waals surface area contributed by atoms with Crippen LogP contribution < -0.4 is 0 Å². The number of hydrogen-bond acceptors (Lipinski definition) is 4. The van der Waals surface area contributed by atoms with Crippen LogP contribution in [0.5, 0.6) is 0 Å². The van der Waals surface area contributed by atoms with Gasteiger partial charge in [0.15, 0.2) is 0 Å². The molecular formula is C15H20FNO3. The first kappa shape index (κ1) is 14.9. The Kier molecular flexibility index (Phi) is 5.09. The van der Waals surface area contributed by atoms with E-state index in [0.29, 0.717) is 31.1 Å². The van der Waals surface area contributed by atoms with Crippen molar-refractivity contribution in [2.75, 3.05) is 20.2 Å². The van der Waals surface area contributed by atoms with Gasteiger partial charge in [0, 0.05) is 19.1 Å². The van der Waals surface area contributed by atoms with E-state index < -0.39 is 6.10 Å². The predicted octanol–water partition coefficient (Wildman–Crippen LogP) is 1.89. The van der Waals surface area contributed by atoms with Gasteiger partial charge in [0.1, 0.15) is 5.82 Å². The Morgan fingerprint density at radius 3 is 2.65 bits per heavy atom. The minimum atomic E-state index is -0.672. The topological polar surface area (TPSA) is 49.8 Å². The van der Waals surface area contributed by atoms with Crippen molar-refractivity contribution in [2.24, 2.45) is 0 Å². The SMILES string of the molecule is COC(=O)CCN(CC(O)c1ccc(F)cc1)C1CC1. The van der Waals surface area contributed by atoms with E-state index in [-0.39, 0.29) is 11.8 Å². The van der Waals surface area contributed by atoms with Crippen LogP contribution in [0, 0.1) is 5.82 Å².